The molecule has 1 aromatic heterocycles. The zero-order valence-electron chi connectivity index (χ0n) is 26.2. The molecule has 0 saturated carbocycles. The van der Waals surface area contributed by atoms with Crippen LogP contribution < -0.4 is 10.1 Å². The highest BCUT2D eigenvalue weighted by Gasteiger charge is 2.44. The summed E-state index contributed by atoms with van der Waals surface area (Å²) in [6.45, 7) is 13.0. The number of ether oxygens (including phenoxy) is 3. The van der Waals surface area contributed by atoms with E-state index in [9.17, 15) is 4.79 Å². The molecule has 5 rings (SSSR count). The van der Waals surface area contributed by atoms with Crippen LogP contribution >= 0.6 is 0 Å². The number of aromatic nitrogens is 2. The summed E-state index contributed by atoms with van der Waals surface area (Å²) >= 11 is 0. The summed E-state index contributed by atoms with van der Waals surface area (Å²) in [6, 6.07) is 17.2. The minimum Gasteiger partial charge on any atom is -0.459 e. The smallest absolute Gasteiger partial charge is 0.338 e. The second-order valence-electron chi connectivity index (χ2n) is 12.2. The number of benzene rings is 2. The summed E-state index contributed by atoms with van der Waals surface area (Å²) in [5.74, 6) is -0.470. The standard InChI is InChI=1S/C35H45FN4O4/c1-23(2)32-29(21-27-14-12-26(13-15-27)9-8-18-40-19-16-37-17-20-40)33(39-38-32)44-35-25(4)24(3)31(36)30(43-35)22-42-34(41)28-10-6-5-7-11-28/h5-15,23-25,30-31,35,37H,16-22H2,1-4H3,(H,38,39)/b9-8+. The van der Waals surface area contributed by atoms with Gasteiger partial charge >= 0.3 is 5.97 Å². The number of piperazine rings is 1. The Labute approximate surface area is 260 Å². The van der Waals surface area contributed by atoms with Gasteiger partial charge < -0.3 is 19.5 Å². The van der Waals surface area contributed by atoms with Crippen LogP contribution in [-0.2, 0) is 15.9 Å². The van der Waals surface area contributed by atoms with Gasteiger partial charge in [-0.1, -0.05) is 82.3 Å². The van der Waals surface area contributed by atoms with Gasteiger partial charge in [-0.05, 0) is 35.1 Å². The van der Waals surface area contributed by atoms with E-state index in [0.717, 1.165) is 55.1 Å². The highest BCUT2D eigenvalue weighted by Crippen LogP contribution is 2.36. The summed E-state index contributed by atoms with van der Waals surface area (Å²) in [6.07, 6.45) is 2.03. The third-order valence-electron chi connectivity index (χ3n) is 8.72. The molecule has 5 unspecified atom stereocenters. The molecule has 2 aliphatic heterocycles. The van der Waals surface area contributed by atoms with Crippen LogP contribution in [0, 0.1) is 11.8 Å². The van der Waals surface area contributed by atoms with Crippen molar-refractivity contribution in [1.29, 1.82) is 0 Å². The zero-order chi connectivity index (χ0) is 31.1. The predicted molar refractivity (Wildman–Crippen MR) is 170 cm³/mol. The molecule has 0 amide bonds. The lowest BCUT2D eigenvalue weighted by Gasteiger charge is -2.40. The lowest BCUT2D eigenvalue weighted by Crippen LogP contribution is -2.51. The van der Waals surface area contributed by atoms with Gasteiger partial charge in [0.25, 0.3) is 0 Å². The third-order valence-corrected chi connectivity index (χ3v) is 8.72. The number of carbonyl (C=O) groups excluding carboxylic acids is 1. The lowest BCUT2D eigenvalue weighted by molar-refractivity contribution is -0.226. The number of esters is 1. The maximum atomic E-state index is 15.3. The largest absolute Gasteiger partial charge is 0.459 e. The summed E-state index contributed by atoms with van der Waals surface area (Å²) < 4.78 is 33.3. The van der Waals surface area contributed by atoms with Crippen LogP contribution in [-0.4, -0.2) is 79.0 Å². The lowest BCUT2D eigenvalue weighted by atomic mass is 9.85. The third kappa shape index (κ3) is 7.94. The maximum absolute atomic E-state index is 15.3. The minimum absolute atomic E-state index is 0.200. The van der Waals surface area contributed by atoms with Crippen LogP contribution in [0.1, 0.15) is 66.4 Å². The summed E-state index contributed by atoms with van der Waals surface area (Å²) in [5.41, 5.74) is 4.66. The Hall–Kier alpha value is -3.53. The minimum atomic E-state index is -1.30. The van der Waals surface area contributed by atoms with E-state index < -0.39 is 24.5 Å². The second kappa shape index (κ2) is 15.0. The Morgan fingerprint density at radius 2 is 1.82 bits per heavy atom. The average molecular weight is 605 g/mol. The Morgan fingerprint density at radius 3 is 2.52 bits per heavy atom. The van der Waals surface area contributed by atoms with Gasteiger partial charge in [-0.15, -0.1) is 5.10 Å². The second-order valence-corrected chi connectivity index (χ2v) is 12.2. The van der Waals surface area contributed by atoms with E-state index in [2.05, 4.69) is 70.7 Å². The molecule has 0 aliphatic carbocycles. The van der Waals surface area contributed by atoms with Crippen LogP contribution in [0.15, 0.2) is 60.7 Å². The Kier molecular flexibility index (Phi) is 10.8. The van der Waals surface area contributed by atoms with Crippen LogP contribution in [0.2, 0.25) is 0 Å². The number of carbonyl (C=O) groups is 1. The normalized spacial score (nSPS) is 24.5. The molecule has 2 N–H and O–H groups in total. The Morgan fingerprint density at radius 1 is 1.09 bits per heavy atom. The van der Waals surface area contributed by atoms with Crippen molar-refractivity contribution < 1.29 is 23.4 Å². The van der Waals surface area contributed by atoms with E-state index in [0.29, 0.717) is 17.9 Å². The van der Waals surface area contributed by atoms with Crippen molar-refractivity contribution in [1.82, 2.24) is 20.4 Å². The molecular weight excluding hydrogens is 559 g/mol. The molecule has 9 heteroatoms. The quantitative estimate of drug-likeness (QED) is 0.275. The van der Waals surface area contributed by atoms with Crippen LogP contribution in [0.4, 0.5) is 4.39 Å². The molecule has 2 saturated heterocycles. The van der Waals surface area contributed by atoms with E-state index in [-0.39, 0.29) is 24.4 Å². The molecule has 2 aliphatic rings. The SMILES string of the molecule is CC(C)c1[nH]nc(OC2OC(COC(=O)c3ccccc3)C(F)C(C)C2C)c1Cc1ccc(/C=C/CN2CCNCC2)cc1. The van der Waals surface area contributed by atoms with Crippen molar-refractivity contribution >= 4 is 12.0 Å². The summed E-state index contributed by atoms with van der Waals surface area (Å²) in [4.78, 5) is 14.9. The fourth-order valence-corrected chi connectivity index (χ4v) is 5.73. The van der Waals surface area contributed by atoms with E-state index >= 15 is 4.39 Å². The highest BCUT2D eigenvalue weighted by molar-refractivity contribution is 5.89. The summed E-state index contributed by atoms with van der Waals surface area (Å²) in [7, 11) is 0. The van der Waals surface area contributed by atoms with E-state index in [1.807, 2.05) is 19.9 Å². The van der Waals surface area contributed by atoms with E-state index in [4.69, 9.17) is 14.2 Å². The zero-order valence-corrected chi connectivity index (χ0v) is 26.2. The number of H-pyrrole nitrogens is 1. The van der Waals surface area contributed by atoms with Gasteiger partial charge in [-0.3, -0.25) is 10.00 Å². The first-order chi connectivity index (χ1) is 21.3. The fraction of sp³-hybridized carbons (Fsp3) is 0.486. The number of rotatable bonds is 11. The molecular formula is C35H45FN4O4. The topological polar surface area (TPSA) is 88.7 Å². The molecule has 236 valence electrons. The first-order valence-corrected chi connectivity index (χ1v) is 15.7. The number of hydrogen-bond donors (Lipinski definition) is 2. The monoisotopic (exact) mass is 604 g/mol. The number of hydrogen-bond acceptors (Lipinski definition) is 7. The van der Waals surface area contributed by atoms with Gasteiger partial charge in [-0.25, -0.2) is 9.18 Å². The maximum Gasteiger partial charge on any atom is 0.338 e. The van der Waals surface area contributed by atoms with E-state index in [1.54, 1.807) is 24.3 Å². The van der Waals surface area contributed by atoms with Gasteiger partial charge in [0.2, 0.25) is 12.2 Å². The molecule has 2 aromatic carbocycles. The molecule has 0 bridgehead atoms. The van der Waals surface area contributed by atoms with Crippen LogP contribution in [0.3, 0.4) is 0 Å². The first kappa shape index (κ1) is 31.9. The van der Waals surface area contributed by atoms with Gasteiger partial charge in [0.15, 0.2) is 0 Å². The Balaban J connectivity index is 1.24. The molecule has 8 nitrogen and oxygen atoms in total. The molecule has 5 atom stereocenters. The molecule has 3 aromatic rings. The van der Waals surface area contributed by atoms with E-state index in [1.165, 1.54) is 0 Å². The van der Waals surface area contributed by atoms with Crippen molar-refractivity contribution in [2.75, 3.05) is 39.3 Å². The van der Waals surface area contributed by atoms with Crippen molar-refractivity contribution in [3.8, 4) is 5.88 Å². The van der Waals surface area contributed by atoms with Gasteiger partial charge in [-0.2, -0.15) is 0 Å². The predicted octanol–water partition coefficient (Wildman–Crippen LogP) is 5.61. The number of alkyl halides is 1. The Bertz CT molecular complexity index is 1370. The van der Waals surface area contributed by atoms with Gasteiger partial charge in [0, 0.05) is 56.3 Å². The van der Waals surface area contributed by atoms with Crippen molar-refractivity contribution in [2.24, 2.45) is 11.8 Å². The summed E-state index contributed by atoms with van der Waals surface area (Å²) in [5, 5.41) is 11.1. The average Bonchev–Trinajstić information content (AvgIpc) is 3.44. The van der Waals surface area contributed by atoms with Crippen molar-refractivity contribution in [2.45, 2.75) is 58.6 Å². The molecule has 3 heterocycles. The van der Waals surface area contributed by atoms with Crippen LogP contribution in [0.25, 0.3) is 6.08 Å². The highest BCUT2D eigenvalue weighted by atomic mass is 19.1. The molecule has 2 fully saturated rings. The first-order valence-electron chi connectivity index (χ1n) is 15.7. The number of aromatic amines is 1. The molecule has 0 radical (unpaired) electrons. The molecule has 0 spiro atoms. The number of halogens is 1. The number of nitrogens with zero attached hydrogens (tertiary/aromatic N) is 2. The fourth-order valence-electron chi connectivity index (χ4n) is 5.73. The number of nitrogens with one attached hydrogen (secondary N) is 2. The van der Waals surface area contributed by atoms with Crippen molar-refractivity contribution in [3.63, 3.8) is 0 Å². The van der Waals surface area contributed by atoms with Crippen LogP contribution in [0.5, 0.6) is 5.88 Å². The molecule has 44 heavy (non-hydrogen) atoms. The van der Waals surface area contributed by atoms with Gasteiger partial charge in [0.05, 0.1) is 5.56 Å². The van der Waals surface area contributed by atoms with Crippen molar-refractivity contribution in [3.05, 3.63) is 88.6 Å². The van der Waals surface area contributed by atoms with Gasteiger partial charge in [0.1, 0.15) is 18.9 Å².